The highest BCUT2D eigenvalue weighted by Gasteiger charge is 2.33. The van der Waals surface area contributed by atoms with Crippen LogP contribution < -0.4 is 10.6 Å². The van der Waals surface area contributed by atoms with Crippen LogP contribution in [-0.2, 0) is 11.2 Å². The van der Waals surface area contributed by atoms with Crippen molar-refractivity contribution in [3.05, 3.63) is 36.8 Å². The standard InChI is InChI=1S/C19H31N3O2/c1-3-12-20-18(21-13-8-17-7-6-14-24-17)22-16-19(11-15-23-2)9-4-5-10-19/h3,6-7,14H,1,4-5,8-13,15-16H2,2H3,(H2,20,21,22). The molecule has 2 N–H and O–H groups in total. The van der Waals surface area contributed by atoms with Gasteiger partial charge < -0.3 is 19.8 Å². The lowest BCUT2D eigenvalue weighted by molar-refractivity contribution is 0.141. The van der Waals surface area contributed by atoms with Crippen molar-refractivity contribution in [2.75, 3.05) is 33.4 Å². The summed E-state index contributed by atoms with van der Waals surface area (Å²) in [7, 11) is 1.78. The van der Waals surface area contributed by atoms with E-state index in [1.165, 1.54) is 25.7 Å². The molecule has 0 bridgehead atoms. The molecule has 0 spiro atoms. The molecule has 0 atom stereocenters. The Morgan fingerprint density at radius 3 is 2.92 bits per heavy atom. The molecule has 0 amide bonds. The fourth-order valence-electron chi connectivity index (χ4n) is 3.28. The molecule has 2 rings (SSSR count). The molecular formula is C19H31N3O2. The number of methoxy groups -OCH3 is 1. The molecule has 1 aromatic rings. The van der Waals surface area contributed by atoms with Crippen molar-refractivity contribution in [1.82, 2.24) is 10.6 Å². The van der Waals surface area contributed by atoms with Crippen molar-refractivity contribution in [3.8, 4) is 0 Å². The molecule has 134 valence electrons. The SMILES string of the molecule is C=CCNC(=NCC1(CCOC)CCCC1)NCCc1ccco1. The molecule has 5 heteroatoms. The van der Waals surface area contributed by atoms with Gasteiger partial charge in [0.1, 0.15) is 5.76 Å². The normalized spacial score (nSPS) is 17.0. The maximum Gasteiger partial charge on any atom is 0.191 e. The van der Waals surface area contributed by atoms with Crippen LogP contribution in [0.5, 0.6) is 0 Å². The molecule has 1 aromatic heterocycles. The van der Waals surface area contributed by atoms with E-state index in [1.807, 2.05) is 18.2 Å². The average Bonchev–Trinajstić information content (AvgIpc) is 3.27. The number of aliphatic imine (C=N–C) groups is 1. The van der Waals surface area contributed by atoms with Gasteiger partial charge in [-0.1, -0.05) is 18.9 Å². The smallest absolute Gasteiger partial charge is 0.191 e. The van der Waals surface area contributed by atoms with Crippen molar-refractivity contribution in [2.24, 2.45) is 10.4 Å². The van der Waals surface area contributed by atoms with Crippen LogP contribution in [0.15, 0.2) is 40.5 Å². The second-order valence-electron chi connectivity index (χ2n) is 6.54. The first-order valence-electron chi connectivity index (χ1n) is 8.92. The Hall–Kier alpha value is -1.75. The molecule has 1 heterocycles. The minimum Gasteiger partial charge on any atom is -0.469 e. The van der Waals surface area contributed by atoms with Crippen LogP contribution in [0.4, 0.5) is 0 Å². The van der Waals surface area contributed by atoms with Gasteiger partial charge in [-0.25, -0.2) is 0 Å². The Balaban J connectivity index is 1.88. The molecule has 0 saturated heterocycles. The maximum atomic E-state index is 5.37. The summed E-state index contributed by atoms with van der Waals surface area (Å²) in [5.74, 6) is 1.84. The predicted molar refractivity (Wildman–Crippen MR) is 98.3 cm³/mol. The van der Waals surface area contributed by atoms with Crippen LogP contribution in [-0.4, -0.2) is 39.3 Å². The molecule has 0 unspecified atom stereocenters. The third kappa shape index (κ3) is 6.04. The number of hydrogen-bond donors (Lipinski definition) is 2. The summed E-state index contributed by atoms with van der Waals surface area (Å²) in [6, 6.07) is 3.91. The highest BCUT2D eigenvalue weighted by Crippen LogP contribution is 2.41. The highest BCUT2D eigenvalue weighted by atomic mass is 16.5. The number of nitrogens with zero attached hydrogens (tertiary/aromatic N) is 1. The fourth-order valence-corrected chi connectivity index (χ4v) is 3.28. The minimum absolute atomic E-state index is 0.305. The zero-order valence-corrected chi connectivity index (χ0v) is 14.9. The average molecular weight is 333 g/mol. The third-order valence-corrected chi connectivity index (χ3v) is 4.73. The van der Waals surface area contributed by atoms with Gasteiger partial charge in [0.2, 0.25) is 0 Å². The number of rotatable bonds is 10. The van der Waals surface area contributed by atoms with Gasteiger partial charge in [0.05, 0.1) is 6.26 Å². The monoisotopic (exact) mass is 333 g/mol. The van der Waals surface area contributed by atoms with Crippen molar-refractivity contribution in [3.63, 3.8) is 0 Å². The molecule has 0 radical (unpaired) electrons. The summed E-state index contributed by atoms with van der Waals surface area (Å²) in [4.78, 5) is 4.85. The summed E-state index contributed by atoms with van der Waals surface area (Å²) in [6.07, 6.45) is 10.6. The first-order chi connectivity index (χ1) is 11.8. The Bertz CT molecular complexity index is 491. The summed E-state index contributed by atoms with van der Waals surface area (Å²) in [5.41, 5.74) is 0.305. The first kappa shape index (κ1) is 18.6. The van der Waals surface area contributed by atoms with Crippen LogP contribution >= 0.6 is 0 Å². The van der Waals surface area contributed by atoms with E-state index in [4.69, 9.17) is 14.1 Å². The lowest BCUT2D eigenvalue weighted by Gasteiger charge is -2.27. The van der Waals surface area contributed by atoms with Gasteiger partial charge in [-0.3, -0.25) is 4.99 Å². The van der Waals surface area contributed by atoms with Crippen molar-refractivity contribution in [1.29, 1.82) is 0 Å². The maximum absolute atomic E-state index is 5.37. The Morgan fingerprint density at radius 1 is 1.42 bits per heavy atom. The highest BCUT2D eigenvalue weighted by molar-refractivity contribution is 5.79. The minimum atomic E-state index is 0.305. The zero-order valence-electron chi connectivity index (χ0n) is 14.9. The molecule has 0 aliphatic heterocycles. The number of nitrogens with one attached hydrogen (secondary N) is 2. The van der Waals surface area contributed by atoms with E-state index in [1.54, 1.807) is 13.4 Å². The van der Waals surface area contributed by atoms with Crippen LogP contribution in [0.1, 0.15) is 37.9 Å². The molecule has 1 aliphatic rings. The van der Waals surface area contributed by atoms with Crippen molar-refractivity contribution >= 4 is 5.96 Å². The topological polar surface area (TPSA) is 58.8 Å². The Kier molecular flexibility index (Phi) is 7.89. The van der Waals surface area contributed by atoms with Gasteiger partial charge in [-0.05, 0) is 36.8 Å². The van der Waals surface area contributed by atoms with E-state index in [0.717, 1.165) is 44.3 Å². The summed E-state index contributed by atoms with van der Waals surface area (Å²) in [5, 5.41) is 6.70. The third-order valence-electron chi connectivity index (χ3n) is 4.73. The molecule has 0 aromatic carbocycles. The van der Waals surface area contributed by atoms with Gasteiger partial charge in [0.15, 0.2) is 5.96 Å². The Morgan fingerprint density at radius 2 is 2.25 bits per heavy atom. The van der Waals surface area contributed by atoms with E-state index in [0.29, 0.717) is 12.0 Å². The van der Waals surface area contributed by atoms with Gasteiger partial charge >= 0.3 is 0 Å². The van der Waals surface area contributed by atoms with Crippen molar-refractivity contribution < 1.29 is 9.15 Å². The molecule has 5 nitrogen and oxygen atoms in total. The number of ether oxygens (including phenoxy) is 1. The predicted octanol–water partition coefficient (Wildman–Crippen LogP) is 3.14. The lowest BCUT2D eigenvalue weighted by atomic mass is 9.83. The quantitative estimate of drug-likeness (QED) is 0.392. The molecular weight excluding hydrogens is 302 g/mol. The van der Waals surface area contributed by atoms with Gasteiger partial charge in [0, 0.05) is 39.8 Å². The lowest BCUT2D eigenvalue weighted by Crippen LogP contribution is -2.39. The number of furan rings is 1. The van der Waals surface area contributed by atoms with E-state index < -0.39 is 0 Å². The largest absolute Gasteiger partial charge is 0.469 e. The molecule has 24 heavy (non-hydrogen) atoms. The second kappa shape index (κ2) is 10.2. The van der Waals surface area contributed by atoms with E-state index in [-0.39, 0.29) is 0 Å². The van der Waals surface area contributed by atoms with Crippen LogP contribution in [0.3, 0.4) is 0 Å². The van der Waals surface area contributed by atoms with Gasteiger partial charge in [0.25, 0.3) is 0 Å². The molecule has 1 fully saturated rings. The van der Waals surface area contributed by atoms with E-state index >= 15 is 0 Å². The zero-order chi connectivity index (χ0) is 17.1. The summed E-state index contributed by atoms with van der Waals surface area (Å²) in [6.45, 7) is 6.93. The van der Waals surface area contributed by atoms with Crippen LogP contribution in [0.25, 0.3) is 0 Å². The second-order valence-corrected chi connectivity index (χ2v) is 6.54. The van der Waals surface area contributed by atoms with E-state index in [9.17, 15) is 0 Å². The summed E-state index contributed by atoms with van der Waals surface area (Å²) < 4.78 is 10.7. The Labute approximate surface area is 145 Å². The fraction of sp³-hybridized carbons (Fsp3) is 0.632. The number of guanidine groups is 1. The molecule has 1 aliphatic carbocycles. The summed E-state index contributed by atoms with van der Waals surface area (Å²) >= 11 is 0. The van der Waals surface area contributed by atoms with Gasteiger partial charge in [-0.15, -0.1) is 6.58 Å². The molecule has 1 saturated carbocycles. The van der Waals surface area contributed by atoms with E-state index in [2.05, 4.69) is 17.2 Å². The van der Waals surface area contributed by atoms with Crippen LogP contribution in [0, 0.1) is 5.41 Å². The first-order valence-corrected chi connectivity index (χ1v) is 8.92. The van der Waals surface area contributed by atoms with Gasteiger partial charge in [-0.2, -0.15) is 0 Å². The van der Waals surface area contributed by atoms with Crippen LogP contribution in [0.2, 0.25) is 0 Å². The van der Waals surface area contributed by atoms with Crippen molar-refractivity contribution in [2.45, 2.75) is 38.5 Å². The number of hydrogen-bond acceptors (Lipinski definition) is 3.